The average Bonchev–Trinajstić information content (AvgIpc) is 2.67. The second-order valence-electron chi connectivity index (χ2n) is 5.89. The first-order valence-electron chi connectivity index (χ1n) is 8.25. The Morgan fingerprint density at radius 2 is 1.92 bits per heavy atom. The summed E-state index contributed by atoms with van der Waals surface area (Å²) in [7, 11) is 1.96. The van der Waals surface area contributed by atoms with Gasteiger partial charge >= 0.3 is 0 Å². The number of carbonyl (C=O) groups excluding carboxylic acids is 1. The maximum Gasteiger partial charge on any atom is 0.255 e. The van der Waals surface area contributed by atoms with Gasteiger partial charge in [-0.25, -0.2) is 4.98 Å². The van der Waals surface area contributed by atoms with Crippen molar-refractivity contribution in [2.24, 2.45) is 0 Å². The highest BCUT2D eigenvalue weighted by molar-refractivity contribution is 6.30. The third-order valence-corrected chi connectivity index (χ3v) is 4.20. The SMILES string of the molecule is CN(CCc1ccncc1)c1cc(C(=O)Nc2cccc(Cl)c2)ccn1. The number of nitrogens with one attached hydrogen (secondary N) is 1. The molecule has 0 atom stereocenters. The molecule has 2 heterocycles. The summed E-state index contributed by atoms with van der Waals surface area (Å²) in [6.45, 7) is 0.788. The van der Waals surface area contributed by atoms with E-state index in [1.807, 2.05) is 24.1 Å². The predicted octanol–water partition coefficient (Wildman–Crippen LogP) is 4.06. The van der Waals surface area contributed by atoms with Crippen LogP contribution in [0.4, 0.5) is 11.5 Å². The molecule has 1 amide bonds. The average molecular weight is 367 g/mol. The molecule has 0 unspecified atom stereocenters. The van der Waals surface area contributed by atoms with Crippen LogP contribution in [0.15, 0.2) is 67.1 Å². The minimum atomic E-state index is -0.196. The first-order valence-corrected chi connectivity index (χ1v) is 8.62. The van der Waals surface area contributed by atoms with Crippen molar-refractivity contribution in [1.29, 1.82) is 0 Å². The molecule has 0 saturated carbocycles. The third-order valence-electron chi connectivity index (χ3n) is 3.97. The highest BCUT2D eigenvalue weighted by Crippen LogP contribution is 2.17. The zero-order chi connectivity index (χ0) is 18.4. The predicted molar refractivity (Wildman–Crippen MR) is 105 cm³/mol. The number of halogens is 1. The van der Waals surface area contributed by atoms with Gasteiger partial charge in [-0.05, 0) is 54.4 Å². The summed E-state index contributed by atoms with van der Waals surface area (Å²) < 4.78 is 0. The van der Waals surface area contributed by atoms with Gasteiger partial charge in [0.05, 0.1) is 0 Å². The topological polar surface area (TPSA) is 58.1 Å². The van der Waals surface area contributed by atoms with Crippen LogP contribution in [0.25, 0.3) is 0 Å². The molecule has 2 aromatic heterocycles. The number of benzene rings is 1. The molecule has 1 N–H and O–H groups in total. The van der Waals surface area contributed by atoms with Crippen LogP contribution < -0.4 is 10.2 Å². The summed E-state index contributed by atoms with van der Waals surface area (Å²) in [4.78, 5) is 22.9. The second-order valence-corrected chi connectivity index (χ2v) is 6.33. The summed E-state index contributed by atoms with van der Waals surface area (Å²) in [6.07, 6.45) is 6.09. The fourth-order valence-corrected chi connectivity index (χ4v) is 2.69. The van der Waals surface area contributed by atoms with E-state index in [-0.39, 0.29) is 5.91 Å². The standard InChI is InChI=1S/C20H19ClN4O/c1-25(12-8-15-5-9-22-10-6-15)19-13-16(7-11-23-19)20(26)24-18-4-2-3-17(21)14-18/h2-7,9-11,13-14H,8,12H2,1H3,(H,24,26). The lowest BCUT2D eigenvalue weighted by molar-refractivity contribution is 0.102. The fourth-order valence-electron chi connectivity index (χ4n) is 2.50. The maximum atomic E-state index is 12.5. The molecule has 0 radical (unpaired) electrons. The van der Waals surface area contributed by atoms with E-state index in [0.717, 1.165) is 18.8 Å². The Bertz CT molecular complexity index is 886. The van der Waals surface area contributed by atoms with Gasteiger partial charge in [0.1, 0.15) is 5.82 Å². The quantitative estimate of drug-likeness (QED) is 0.714. The summed E-state index contributed by atoms with van der Waals surface area (Å²) in [5.41, 5.74) is 2.42. The van der Waals surface area contributed by atoms with Crippen molar-refractivity contribution < 1.29 is 4.79 Å². The van der Waals surface area contributed by atoms with Crippen LogP contribution in [0.5, 0.6) is 0 Å². The maximum absolute atomic E-state index is 12.5. The number of likely N-dealkylation sites (N-methyl/N-ethyl adjacent to an activating group) is 1. The molecule has 26 heavy (non-hydrogen) atoms. The Balaban J connectivity index is 1.66. The van der Waals surface area contributed by atoms with Gasteiger partial charge in [0.25, 0.3) is 5.91 Å². The molecule has 6 heteroatoms. The van der Waals surface area contributed by atoms with E-state index in [4.69, 9.17) is 11.6 Å². The van der Waals surface area contributed by atoms with Gasteiger partial charge in [-0.1, -0.05) is 17.7 Å². The van der Waals surface area contributed by atoms with E-state index in [9.17, 15) is 4.79 Å². The summed E-state index contributed by atoms with van der Waals surface area (Å²) in [6, 6.07) is 14.5. The highest BCUT2D eigenvalue weighted by Gasteiger charge is 2.10. The van der Waals surface area contributed by atoms with Crippen molar-refractivity contribution in [3.63, 3.8) is 0 Å². The van der Waals surface area contributed by atoms with Crippen molar-refractivity contribution in [3.05, 3.63) is 83.3 Å². The first kappa shape index (κ1) is 17.9. The van der Waals surface area contributed by atoms with Gasteiger partial charge in [-0.15, -0.1) is 0 Å². The number of amides is 1. The number of hydrogen-bond donors (Lipinski definition) is 1. The van der Waals surface area contributed by atoms with Gasteiger partial charge in [-0.3, -0.25) is 9.78 Å². The molecule has 3 rings (SSSR count). The molecule has 0 fully saturated rings. The Morgan fingerprint density at radius 1 is 1.12 bits per heavy atom. The number of hydrogen-bond acceptors (Lipinski definition) is 4. The second kappa shape index (κ2) is 8.45. The molecule has 0 spiro atoms. The fraction of sp³-hybridized carbons (Fsp3) is 0.150. The van der Waals surface area contributed by atoms with Crippen LogP contribution in [-0.2, 0) is 6.42 Å². The van der Waals surface area contributed by atoms with Crippen LogP contribution in [0, 0.1) is 0 Å². The van der Waals surface area contributed by atoms with Crippen molar-refractivity contribution in [2.75, 3.05) is 23.8 Å². The van der Waals surface area contributed by atoms with E-state index < -0.39 is 0 Å². The summed E-state index contributed by atoms with van der Waals surface area (Å²) in [5, 5.41) is 3.42. The van der Waals surface area contributed by atoms with Gasteiger partial charge in [0, 0.05) is 48.5 Å². The van der Waals surface area contributed by atoms with Gasteiger partial charge in [0.15, 0.2) is 0 Å². The van der Waals surface area contributed by atoms with E-state index in [0.29, 0.717) is 16.3 Å². The Morgan fingerprint density at radius 3 is 2.69 bits per heavy atom. The van der Waals surface area contributed by atoms with Gasteiger partial charge in [-0.2, -0.15) is 0 Å². The molecule has 0 aliphatic rings. The van der Waals surface area contributed by atoms with Crippen molar-refractivity contribution >= 4 is 29.0 Å². The van der Waals surface area contributed by atoms with Crippen molar-refractivity contribution in [3.8, 4) is 0 Å². The lowest BCUT2D eigenvalue weighted by atomic mass is 10.2. The zero-order valence-corrected chi connectivity index (χ0v) is 15.1. The Kier molecular flexibility index (Phi) is 5.81. The normalized spacial score (nSPS) is 10.4. The molecule has 0 saturated heterocycles. The van der Waals surface area contributed by atoms with Gasteiger partial charge < -0.3 is 10.2 Å². The van der Waals surface area contributed by atoms with Crippen LogP contribution in [0.3, 0.4) is 0 Å². The molecule has 0 bridgehead atoms. The Hall–Kier alpha value is -2.92. The largest absolute Gasteiger partial charge is 0.359 e. The first-order chi connectivity index (χ1) is 12.6. The molecule has 0 aliphatic carbocycles. The molecule has 0 aliphatic heterocycles. The van der Waals surface area contributed by atoms with E-state index >= 15 is 0 Å². The third kappa shape index (κ3) is 4.80. The molecule has 1 aromatic carbocycles. The number of aromatic nitrogens is 2. The molecule has 3 aromatic rings. The molecular weight excluding hydrogens is 348 g/mol. The molecule has 132 valence electrons. The number of rotatable bonds is 6. The summed E-state index contributed by atoms with van der Waals surface area (Å²) >= 11 is 5.95. The number of nitrogens with zero attached hydrogens (tertiary/aromatic N) is 3. The highest BCUT2D eigenvalue weighted by atomic mass is 35.5. The Labute approximate surface area is 157 Å². The smallest absolute Gasteiger partial charge is 0.255 e. The molecule has 5 nitrogen and oxygen atoms in total. The molecular formula is C20H19ClN4O. The lowest BCUT2D eigenvalue weighted by Gasteiger charge is -2.18. The lowest BCUT2D eigenvalue weighted by Crippen LogP contribution is -2.22. The van der Waals surface area contributed by atoms with E-state index in [2.05, 4.69) is 15.3 Å². The van der Waals surface area contributed by atoms with Crippen LogP contribution in [0.2, 0.25) is 5.02 Å². The minimum absolute atomic E-state index is 0.196. The number of pyridine rings is 2. The van der Waals surface area contributed by atoms with Crippen LogP contribution in [0.1, 0.15) is 15.9 Å². The van der Waals surface area contributed by atoms with Crippen LogP contribution in [-0.4, -0.2) is 29.5 Å². The van der Waals surface area contributed by atoms with Crippen molar-refractivity contribution in [1.82, 2.24) is 9.97 Å². The summed E-state index contributed by atoms with van der Waals surface area (Å²) in [5.74, 6) is 0.552. The monoisotopic (exact) mass is 366 g/mol. The number of carbonyl (C=O) groups is 1. The number of anilines is 2. The minimum Gasteiger partial charge on any atom is -0.359 e. The van der Waals surface area contributed by atoms with Crippen molar-refractivity contribution in [2.45, 2.75) is 6.42 Å². The van der Waals surface area contributed by atoms with E-state index in [1.165, 1.54) is 5.56 Å². The van der Waals surface area contributed by atoms with Crippen LogP contribution >= 0.6 is 11.6 Å². The zero-order valence-electron chi connectivity index (χ0n) is 14.4. The van der Waals surface area contributed by atoms with E-state index in [1.54, 1.807) is 55.0 Å². The van der Waals surface area contributed by atoms with Gasteiger partial charge in [0.2, 0.25) is 0 Å².